The number of benzene rings is 1. The van der Waals surface area contributed by atoms with E-state index in [0.717, 1.165) is 5.56 Å². The Morgan fingerprint density at radius 2 is 1.80 bits per heavy atom. The first-order chi connectivity index (χ1) is 6.91. The smallest absolute Gasteiger partial charge is 0.314 e. The second kappa shape index (κ2) is 3.51. The Morgan fingerprint density at radius 1 is 1.20 bits per heavy atom. The molecule has 1 radical (unpaired) electrons. The van der Waals surface area contributed by atoms with Crippen LogP contribution in [0, 0.1) is 0 Å². The predicted octanol–water partition coefficient (Wildman–Crippen LogP) is 2.22. The molecule has 0 saturated carbocycles. The molecule has 0 amide bonds. The zero-order chi connectivity index (χ0) is 11.1. The molecule has 83 valence electrons. The predicted molar refractivity (Wildman–Crippen MR) is 56.8 cm³/mol. The van der Waals surface area contributed by atoms with Gasteiger partial charge in [0.15, 0.2) is 0 Å². The molecule has 2 rings (SSSR count). The van der Waals surface area contributed by atoms with Gasteiger partial charge >= 0.3 is 8.17 Å². The molecule has 1 aromatic carbocycles. The van der Waals surface area contributed by atoms with Crippen molar-refractivity contribution in [3.63, 3.8) is 0 Å². The van der Waals surface area contributed by atoms with Crippen LogP contribution in [0.1, 0.15) is 25.5 Å². The second-order valence-corrected chi connectivity index (χ2v) is 5.46. The summed E-state index contributed by atoms with van der Waals surface area (Å²) in [6, 6.07) is 9.40. The van der Waals surface area contributed by atoms with Crippen LogP contribution in [0.5, 0.6) is 0 Å². The van der Waals surface area contributed by atoms with Gasteiger partial charge in [0.25, 0.3) is 0 Å². The van der Waals surface area contributed by atoms with E-state index in [4.69, 9.17) is 9.05 Å². The number of hydrogen-bond donors (Lipinski definition) is 2. The van der Waals surface area contributed by atoms with Crippen molar-refractivity contribution in [3.8, 4) is 0 Å². The standard InChI is InChI=1S/C10H14O4P/c1-10(2)9(13-15(11,12)14-10)8-6-4-3-5-7-8/h3-7,9,11-12H,1-2H3. The molecule has 1 aromatic rings. The van der Waals surface area contributed by atoms with Crippen LogP contribution in [0.15, 0.2) is 30.3 Å². The number of rotatable bonds is 1. The SMILES string of the molecule is CC1(C)O[P](O)(O)OC1c1ccccc1. The average molecular weight is 229 g/mol. The lowest BCUT2D eigenvalue weighted by Crippen LogP contribution is -2.25. The Labute approximate surface area is 89.1 Å². The lowest BCUT2D eigenvalue weighted by molar-refractivity contribution is 0.0706. The highest BCUT2D eigenvalue weighted by molar-refractivity contribution is 7.54. The van der Waals surface area contributed by atoms with Gasteiger partial charge in [0, 0.05) is 0 Å². The molecule has 1 unspecified atom stereocenters. The zero-order valence-electron chi connectivity index (χ0n) is 8.62. The Morgan fingerprint density at radius 3 is 2.27 bits per heavy atom. The molecule has 1 aliphatic heterocycles. The molecule has 2 N–H and O–H groups in total. The van der Waals surface area contributed by atoms with E-state index in [2.05, 4.69) is 0 Å². The summed E-state index contributed by atoms with van der Waals surface area (Å²) in [5.74, 6) is 0. The minimum atomic E-state index is -3.64. The van der Waals surface area contributed by atoms with Crippen LogP contribution < -0.4 is 0 Å². The van der Waals surface area contributed by atoms with Gasteiger partial charge < -0.3 is 9.79 Å². The normalized spacial score (nSPS) is 27.9. The van der Waals surface area contributed by atoms with Crippen LogP contribution in [-0.2, 0) is 9.05 Å². The van der Waals surface area contributed by atoms with Crippen molar-refractivity contribution >= 4 is 8.17 Å². The summed E-state index contributed by atoms with van der Waals surface area (Å²) < 4.78 is 10.3. The summed E-state index contributed by atoms with van der Waals surface area (Å²) in [6.45, 7) is 3.55. The van der Waals surface area contributed by atoms with Crippen LogP contribution in [0.25, 0.3) is 0 Å². The van der Waals surface area contributed by atoms with Crippen LogP contribution in [-0.4, -0.2) is 15.4 Å². The molecule has 1 saturated heterocycles. The van der Waals surface area contributed by atoms with Crippen LogP contribution in [0.2, 0.25) is 0 Å². The van der Waals surface area contributed by atoms with Crippen molar-refractivity contribution < 1.29 is 18.8 Å². The third-order valence-electron chi connectivity index (χ3n) is 2.33. The molecule has 0 bridgehead atoms. The highest BCUT2D eigenvalue weighted by atomic mass is 31.2. The maximum absolute atomic E-state index is 9.38. The molecule has 0 aromatic heterocycles. The fourth-order valence-corrected chi connectivity index (χ4v) is 3.13. The first-order valence-electron chi connectivity index (χ1n) is 4.69. The summed E-state index contributed by atoms with van der Waals surface area (Å²) in [4.78, 5) is 18.8. The molecule has 15 heavy (non-hydrogen) atoms. The Bertz CT molecular complexity index is 350. The van der Waals surface area contributed by atoms with E-state index in [0.29, 0.717) is 0 Å². The molecule has 1 aliphatic rings. The maximum Gasteiger partial charge on any atom is 0.376 e. The lowest BCUT2D eigenvalue weighted by Gasteiger charge is -2.22. The molecule has 1 heterocycles. The van der Waals surface area contributed by atoms with Gasteiger partial charge in [-0.3, -0.25) is 9.05 Å². The summed E-state index contributed by atoms with van der Waals surface area (Å²) in [7, 11) is -3.64. The highest BCUT2D eigenvalue weighted by Crippen LogP contribution is 2.67. The Balaban J connectivity index is 2.31. The largest absolute Gasteiger partial charge is 0.376 e. The van der Waals surface area contributed by atoms with Crippen molar-refractivity contribution in [1.82, 2.24) is 0 Å². The van der Waals surface area contributed by atoms with Crippen molar-refractivity contribution in [2.24, 2.45) is 0 Å². The molecule has 1 atom stereocenters. The topological polar surface area (TPSA) is 58.9 Å². The minimum Gasteiger partial charge on any atom is -0.314 e. The van der Waals surface area contributed by atoms with E-state index < -0.39 is 19.9 Å². The summed E-state index contributed by atoms with van der Waals surface area (Å²) >= 11 is 0. The van der Waals surface area contributed by atoms with Gasteiger partial charge in [0.2, 0.25) is 0 Å². The molecule has 5 heteroatoms. The zero-order valence-corrected chi connectivity index (χ0v) is 9.52. The van der Waals surface area contributed by atoms with Gasteiger partial charge in [-0.15, -0.1) is 0 Å². The van der Waals surface area contributed by atoms with E-state index >= 15 is 0 Å². The van der Waals surface area contributed by atoms with Gasteiger partial charge in [-0.1, -0.05) is 30.3 Å². The summed E-state index contributed by atoms with van der Waals surface area (Å²) in [5, 5.41) is 0. The van der Waals surface area contributed by atoms with E-state index in [9.17, 15) is 9.79 Å². The van der Waals surface area contributed by atoms with Gasteiger partial charge in [-0.2, -0.15) is 0 Å². The average Bonchev–Trinajstić information content (AvgIpc) is 2.36. The van der Waals surface area contributed by atoms with Crippen molar-refractivity contribution in [1.29, 1.82) is 0 Å². The summed E-state index contributed by atoms with van der Waals surface area (Å²) in [5.41, 5.74) is 0.158. The molecule has 4 nitrogen and oxygen atoms in total. The van der Waals surface area contributed by atoms with Gasteiger partial charge in [-0.05, 0) is 19.4 Å². The molecule has 0 spiro atoms. The van der Waals surface area contributed by atoms with Crippen LogP contribution >= 0.6 is 8.17 Å². The summed E-state index contributed by atoms with van der Waals surface area (Å²) in [6.07, 6.45) is -0.443. The third kappa shape index (κ3) is 2.19. The first kappa shape index (κ1) is 11.0. The monoisotopic (exact) mass is 229 g/mol. The minimum absolute atomic E-state index is 0.443. The Hall–Kier alpha value is -0.510. The fourth-order valence-electron chi connectivity index (χ4n) is 1.73. The molecular formula is C10H14O4P. The molecular weight excluding hydrogens is 215 g/mol. The maximum atomic E-state index is 9.38. The lowest BCUT2D eigenvalue weighted by atomic mass is 9.95. The van der Waals surface area contributed by atoms with E-state index in [1.54, 1.807) is 13.8 Å². The van der Waals surface area contributed by atoms with Crippen molar-refractivity contribution in [2.75, 3.05) is 0 Å². The molecule has 0 aliphatic carbocycles. The van der Waals surface area contributed by atoms with Gasteiger partial charge in [-0.25, -0.2) is 0 Å². The second-order valence-electron chi connectivity index (χ2n) is 4.08. The van der Waals surface area contributed by atoms with E-state index in [-0.39, 0.29) is 0 Å². The van der Waals surface area contributed by atoms with Crippen molar-refractivity contribution in [3.05, 3.63) is 35.9 Å². The van der Waals surface area contributed by atoms with E-state index in [1.807, 2.05) is 30.3 Å². The first-order valence-corrected chi connectivity index (χ1v) is 6.22. The van der Waals surface area contributed by atoms with Crippen LogP contribution in [0.3, 0.4) is 0 Å². The van der Waals surface area contributed by atoms with Crippen molar-refractivity contribution in [2.45, 2.75) is 25.6 Å². The van der Waals surface area contributed by atoms with Gasteiger partial charge in [0.1, 0.15) is 11.7 Å². The number of hydrogen-bond acceptors (Lipinski definition) is 4. The third-order valence-corrected chi connectivity index (χ3v) is 3.52. The Kier molecular flexibility index (Phi) is 2.57. The quantitative estimate of drug-likeness (QED) is 0.725. The van der Waals surface area contributed by atoms with E-state index in [1.165, 1.54) is 0 Å². The highest BCUT2D eigenvalue weighted by Gasteiger charge is 2.51. The molecule has 1 fully saturated rings. The van der Waals surface area contributed by atoms with Crippen LogP contribution in [0.4, 0.5) is 0 Å². The fraction of sp³-hybridized carbons (Fsp3) is 0.400. The van der Waals surface area contributed by atoms with Gasteiger partial charge in [0.05, 0.1) is 0 Å².